The first kappa shape index (κ1) is 16.4. The molecule has 114 valence electrons. The molecular formula is C12H19NO7. The molecule has 1 N–H and O–H groups in total. The number of rotatable bonds is 5. The van der Waals surface area contributed by atoms with Gasteiger partial charge >= 0.3 is 11.9 Å². The monoisotopic (exact) mass is 289 g/mol. The molecule has 1 heterocycles. The van der Waals surface area contributed by atoms with Crippen LogP contribution in [0.3, 0.4) is 0 Å². The first-order valence-corrected chi connectivity index (χ1v) is 6.30. The van der Waals surface area contributed by atoms with Crippen LogP contribution in [0.5, 0.6) is 0 Å². The maximum Gasteiger partial charge on any atom is 0.339 e. The lowest BCUT2D eigenvalue weighted by Gasteiger charge is -2.34. The van der Waals surface area contributed by atoms with Crippen LogP contribution in [0.15, 0.2) is 0 Å². The van der Waals surface area contributed by atoms with Crippen LogP contribution in [0, 0.1) is 0 Å². The van der Waals surface area contributed by atoms with Crippen LogP contribution in [-0.2, 0) is 33.3 Å². The molecule has 20 heavy (non-hydrogen) atoms. The van der Waals surface area contributed by atoms with Crippen molar-refractivity contribution in [2.45, 2.75) is 52.4 Å². The van der Waals surface area contributed by atoms with Gasteiger partial charge in [0.2, 0.25) is 18.6 Å². The van der Waals surface area contributed by atoms with Crippen LogP contribution < -0.4 is 5.32 Å². The zero-order valence-corrected chi connectivity index (χ0v) is 11.9. The maximum absolute atomic E-state index is 11.9. The number of carbonyl (C=O) groups excluding carboxylic acids is 3. The second-order valence-corrected chi connectivity index (χ2v) is 4.36. The highest BCUT2D eigenvalue weighted by Crippen LogP contribution is 2.16. The van der Waals surface area contributed by atoms with Crippen LogP contribution in [0.4, 0.5) is 0 Å². The third-order valence-corrected chi connectivity index (χ3v) is 2.27. The van der Waals surface area contributed by atoms with Crippen molar-refractivity contribution in [1.29, 1.82) is 0 Å². The molecule has 8 nitrogen and oxygen atoms in total. The summed E-state index contributed by atoms with van der Waals surface area (Å²) in [4.78, 5) is 34.7. The number of nitrogens with one attached hydrogen (secondary N) is 1. The van der Waals surface area contributed by atoms with Crippen molar-refractivity contribution in [2.75, 3.05) is 6.61 Å². The van der Waals surface area contributed by atoms with Gasteiger partial charge in [-0.15, -0.1) is 0 Å². The van der Waals surface area contributed by atoms with Crippen molar-refractivity contribution >= 4 is 17.8 Å². The van der Waals surface area contributed by atoms with Gasteiger partial charge in [-0.2, -0.15) is 0 Å². The van der Waals surface area contributed by atoms with E-state index in [1.54, 1.807) is 20.8 Å². The molecule has 1 saturated heterocycles. The smallest absolute Gasteiger partial charge is 0.339 e. The van der Waals surface area contributed by atoms with Gasteiger partial charge in [-0.25, -0.2) is 4.79 Å². The fraction of sp³-hybridized carbons (Fsp3) is 0.750. The summed E-state index contributed by atoms with van der Waals surface area (Å²) in [6, 6.07) is 0. The fourth-order valence-corrected chi connectivity index (χ4v) is 1.59. The highest BCUT2D eigenvalue weighted by Gasteiger charge is 2.45. The van der Waals surface area contributed by atoms with Crippen molar-refractivity contribution < 1.29 is 33.3 Å². The van der Waals surface area contributed by atoms with E-state index in [0.717, 1.165) is 6.92 Å². The SMILES string of the molecule is CCOC(=O)[C@H]1O[C@@H](OC(C)C)NC(=O)[C@H]1OC(C)=O. The largest absolute Gasteiger partial charge is 0.464 e. The number of amides is 1. The maximum atomic E-state index is 11.9. The average molecular weight is 289 g/mol. The second-order valence-electron chi connectivity index (χ2n) is 4.36. The summed E-state index contributed by atoms with van der Waals surface area (Å²) >= 11 is 0. The molecule has 3 atom stereocenters. The first-order chi connectivity index (χ1) is 9.35. The van der Waals surface area contributed by atoms with Crippen molar-refractivity contribution in [3.63, 3.8) is 0 Å². The van der Waals surface area contributed by atoms with Crippen LogP contribution in [0.25, 0.3) is 0 Å². The Hall–Kier alpha value is -1.67. The van der Waals surface area contributed by atoms with Gasteiger partial charge in [0.05, 0.1) is 12.7 Å². The molecule has 0 aliphatic carbocycles. The molecule has 0 aromatic rings. The van der Waals surface area contributed by atoms with Gasteiger partial charge in [0, 0.05) is 6.92 Å². The van der Waals surface area contributed by atoms with Gasteiger partial charge in [-0.1, -0.05) is 0 Å². The molecule has 0 radical (unpaired) electrons. The van der Waals surface area contributed by atoms with Crippen LogP contribution in [0.2, 0.25) is 0 Å². The van der Waals surface area contributed by atoms with Gasteiger partial charge in [-0.05, 0) is 20.8 Å². The first-order valence-electron chi connectivity index (χ1n) is 6.30. The molecule has 0 unspecified atom stereocenters. The van der Waals surface area contributed by atoms with E-state index < -0.39 is 36.5 Å². The number of esters is 2. The Kier molecular flexibility index (Phi) is 5.90. The van der Waals surface area contributed by atoms with E-state index in [1.165, 1.54) is 0 Å². The Morgan fingerprint density at radius 2 is 2.05 bits per heavy atom. The average Bonchev–Trinajstić information content (AvgIpc) is 2.31. The van der Waals surface area contributed by atoms with Gasteiger partial charge < -0.3 is 24.3 Å². The summed E-state index contributed by atoms with van der Waals surface area (Å²) in [6.45, 7) is 6.35. The molecule has 1 rings (SSSR count). The molecule has 0 aromatic carbocycles. The van der Waals surface area contributed by atoms with Crippen LogP contribution in [0.1, 0.15) is 27.7 Å². The van der Waals surface area contributed by atoms with E-state index in [0.29, 0.717) is 0 Å². The number of ether oxygens (including phenoxy) is 4. The van der Waals surface area contributed by atoms with E-state index in [-0.39, 0.29) is 12.7 Å². The number of hydrogen-bond donors (Lipinski definition) is 1. The quantitative estimate of drug-likeness (QED) is 0.694. The van der Waals surface area contributed by atoms with Crippen LogP contribution >= 0.6 is 0 Å². The molecule has 0 aromatic heterocycles. The summed E-state index contributed by atoms with van der Waals surface area (Å²) in [7, 11) is 0. The molecule has 1 fully saturated rings. The lowest BCUT2D eigenvalue weighted by atomic mass is 10.1. The van der Waals surface area contributed by atoms with E-state index in [4.69, 9.17) is 18.9 Å². The lowest BCUT2D eigenvalue weighted by Crippen LogP contribution is -2.61. The zero-order chi connectivity index (χ0) is 15.3. The highest BCUT2D eigenvalue weighted by atomic mass is 16.7. The Bertz CT molecular complexity index is 382. The summed E-state index contributed by atoms with van der Waals surface area (Å²) in [5.41, 5.74) is 0. The Balaban J connectivity index is 2.85. The van der Waals surface area contributed by atoms with E-state index >= 15 is 0 Å². The minimum atomic E-state index is -1.39. The molecular weight excluding hydrogens is 270 g/mol. The molecule has 0 saturated carbocycles. The fourth-order valence-electron chi connectivity index (χ4n) is 1.59. The number of carbonyl (C=O) groups is 3. The van der Waals surface area contributed by atoms with Gasteiger partial charge in [0.25, 0.3) is 5.91 Å². The Morgan fingerprint density at radius 3 is 2.55 bits per heavy atom. The van der Waals surface area contributed by atoms with Crippen molar-refractivity contribution in [3.8, 4) is 0 Å². The van der Waals surface area contributed by atoms with Gasteiger partial charge in [0.15, 0.2) is 0 Å². The summed E-state index contributed by atoms with van der Waals surface area (Å²) < 4.78 is 20.2. The highest BCUT2D eigenvalue weighted by molar-refractivity contribution is 5.91. The molecule has 1 aliphatic rings. The van der Waals surface area contributed by atoms with Gasteiger partial charge in [0.1, 0.15) is 0 Å². The van der Waals surface area contributed by atoms with Crippen molar-refractivity contribution in [1.82, 2.24) is 5.32 Å². The second kappa shape index (κ2) is 7.20. The van der Waals surface area contributed by atoms with E-state index in [2.05, 4.69) is 5.32 Å². The third-order valence-electron chi connectivity index (χ3n) is 2.27. The van der Waals surface area contributed by atoms with Gasteiger partial charge in [-0.3, -0.25) is 9.59 Å². The van der Waals surface area contributed by atoms with Crippen LogP contribution in [-0.4, -0.2) is 49.2 Å². The standard InChI is InChI=1S/C12H19NO7/c1-5-17-11(16)9-8(19-7(4)14)10(15)13-12(20-9)18-6(2)3/h6,8-9,12H,5H2,1-4H3,(H,13,15)/t8-,9-,12+/m0/s1. The predicted octanol–water partition coefficient (Wildman–Crippen LogP) is -0.295. The van der Waals surface area contributed by atoms with Crippen molar-refractivity contribution in [2.24, 2.45) is 0 Å². The lowest BCUT2D eigenvalue weighted by molar-refractivity contribution is -0.247. The molecule has 0 spiro atoms. The normalized spacial score (nSPS) is 26.1. The van der Waals surface area contributed by atoms with E-state index in [1.807, 2.05) is 0 Å². The number of hydrogen-bond acceptors (Lipinski definition) is 7. The molecule has 0 bridgehead atoms. The minimum Gasteiger partial charge on any atom is -0.464 e. The predicted molar refractivity (Wildman–Crippen MR) is 65.2 cm³/mol. The zero-order valence-electron chi connectivity index (χ0n) is 11.9. The summed E-state index contributed by atoms with van der Waals surface area (Å²) in [6.07, 6.45) is -4.06. The summed E-state index contributed by atoms with van der Waals surface area (Å²) in [5, 5.41) is 2.36. The topological polar surface area (TPSA) is 100 Å². The minimum absolute atomic E-state index is 0.114. The molecule has 1 aliphatic heterocycles. The molecule has 8 heteroatoms. The summed E-state index contributed by atoms with van der Waals surface area (Å²) in [5.74, 6) is -2.16. The van der Waals surface area contributed by atoms with E-state index in [9.17, 15) is 14.4 Å². The Labute approximate surface area is 116 Å². The third kappa shape index (κ3) is 4.46. The van der Waals surface area contributed by atoms with Crippen molar-refractivity contribution in [3.05, 3.63) is 0 Å². The Morgan fingerprint density at radius 1 is 1.40 bits per heavy atom. The molecule has 1 amide bonds.